The van der Waals surface area contributed by atoms with E-state index in [4.69, 9.17) is 11.3 Å². The predicted molar refractivity (Wildman–Crippen MR) is 170 cm³/mol. The molecule has 0 aromatic carbocycles. The van der Waals surface area contributed by atoms with Gasteiger partial charge in [-0.05, 0) is 98.6 Å². The summed E-state index contributed by atoms with van der Waals surface area (Å²) in [6, 6.07) is 10.9. The lowest BCUT2D eigenvalue weighted by Gasteiger charge is -2.40. The largest absolute Gasteiger partial charge is 0.479 e. The molecule has 1 aliphatic heterocycles. The quantitative estimate of drug-likeness (QED) is 0.216. The second-order valence-electron chi connectivity index (χ2n) is 11.3. The zero-order chi connectivity index (χ0) is 28.8. The number of nitrogens with zero attached hydrogens (tertiary/aromatic N) is 4. The first-order valence-electron chi connectivity index (χ1n) is 14.4. The van der Waals surface area contributed by atoms with E-state index in [0.717, 1.165) is 81.1 Å². The van der Waals surface area contributed by atoms with Gasteiger partial charge in [-0.1, -0.05) is 18.6 Å². The molecular formula is C34H26N4OS3. The third kappa shape index (κ3) is 4.35. The van der Waals surface area contributed by atoms with Crippen molar-refractivity contribution in [1.29, 1.82) is 15.8 Å². The van der Waals surface area contributed by atoms with Crippen LogP contribution in [-0.2, 0) is 5.60 Å². The SMILES string of the molecule is [C-]#[N+]/C(C#N)=C1/C=C(c2cc3sc4c(c3s2)OC2(CCCCC2)c2cc(C3=CC(=C(C#N)C#N)CCC3)sc2-4)CCC1. The van der Waals surface area contributed by atoms with Crippen LogP contribution in [0.15, 0.2) is 46.7 Å². The van der Waals surface area contributed by atoms with E-state index in [9.17, 15) is 15.8 Å². The van der Waals surface area contributed by atoms with Gasteiger partial charge in [0, 0.05) is 15.3 Å². The fourth-order valence-corrected chi connectivity index (χ4v) is 10.8. The van der Waals surface area contributed by atoms with Gasteiger partial charge in [-0.2, -0.15) is 10.5 Å². The van der Waals surface area contributed by atoms with E-state index in [1.54, 1.807) is 22.7 Å². The monoisotopic (exact) mass is 602 g/mol. The molecule has 4 aliphatic rings. The van der Waals surface area contributed by atoms with Crippen LogP contribution in [0.3, 0.4) is 0 Å². The Morgan fingerprint density at radius 3 is 2.17 bits per heavy atom. The average Bonchev–Trinajstić information content (AvgIpc) is 3.74. The maximum absolute atomic E-state index is 9.45. The molecule has 8 heteroatoms. The minimum atomic E-state index is -0.316. The minimum absolute atomic E-state index is 0.207. The molecule has 0 N–H and O–H groups in total. The molecule has 3 aromatic heterocycles. The van der Waals surface area contributed by atoms with Crippen LogP contribution in [0.4, 0.5) is 0 Å². The van der Waals surface area contributed by atoms with E-state index in [0.29, 0.717) is 0 Å². The van der Waals surface area contributed by atoms with Gasteiger partial charge in [0.1, 0.15) is 23.3 Å². The maximum atomic E-state index is 9.45. The first-order chi connectivity index (χ1) is 20.6. The summed E-state index contributed by atoms with van der Waals surface area (Å²) in [5.74, 6) is 1.02. The molecule has 1 fully saturated rings. The van der Waals surface area contributed by atoms with Crippen molar-refractivity contribution < 1.29 is 4.74 Å². The van der Waals surface area contributed by atoms with Crippen LogP contribution in [-0.4, -0.2) is 0 Å². The third-order valence-corrected chi connectivity index (χ3v) is 12.7. The Balaban J connectivity index is 1.34. The zero-order valence-electron chi connectivity index (χ0n) is 23.0. The Bertz CT molecular complexity index is 1910. The van der Waals surface area contributed by atoms with E-state index in [-0.39, 0.29) is 16.9 Å². The number of rotatable bonds is 2. The Hall–Kier alpha value is -3.92. The molecule has 0 radical (unpaired) electrons. The highest BCUT2D eigenvalue weighted by molar-refractivity contribution is 7.32. The number of nitriles is 3. The first-order valence-corrected chi connectivity index (χ1v) is 16.9. The number of hydrogen-bond acceptors (Lipinski definition) is 7. The lowest BCUT2D eigenvalue weighted by molar-refractivity contribution is 0.0267. The van der Waals surface area contributed by atoms with E-state index < -0.39 is 0 Å². The summed E-state index contributed by atoms with van der Waals surface area (Å²) in [5, 5.41) is 28.3. The number of allylic oxidation sites excluding steroid dienone is 8. The van der Waals surface area contributed by atoms with Gasteiger partial charge < -0.3 is 4.74 Å². The van der Waals surface area contributed by atoms with Crippen molar-refractivity contribution in [2.24, 2.45) is 0 Å². The Labute approximate surface area is 257 Å². The van der Waals surface area contributed by atoms with Crippen molar-refractivity contribution in [3.8, 4) is 33.7 Å². The maximum Gasteiger partial charge on any atom is 0.265 e. The van der Waals surface area contributed by atoms with E-state index in [1.165, 1.54) is 52.0 Å². The summed E-state index contributed by atoms with van der Waals surface area (Å²) in [5.41, 5.74) is 5.57. The molecule has 1 saturated carbocycles. The predicted octanol–water partition coefficient (Wildman–Crippen LogP) is 10.4. The topological polar surface area (TPSA) is 85.0 Å². The van der Waals surface area contributed by atoms with Crippen LogP contribution in [0.25, 0.3) is 35.1 Å². The molecule has 7 rings (SSSR count). The molecule has 1 spiro atoms. The van der Waals surface area contributed by atoms with Crippen molar-refractivity contribution in [1.82, 2.24) is 0 Å². The van der Waals surface area contributed by atoms with Crippen molar-refractivity contribution >= 4 is 54.6 Å². The fourth-order valence-electron chi connectivity index (χ4n) is 6.83. The van der Waals surface area contributed by atoms with E-state index in [1.807, 2.05) is 11.3 Å². The normalized spacial score (nSPS) is 20.1. The molecule has 206 valence electrons. The number of ether oxygens (including phenoxy) is 1. The molecule has 5 nitrogen and oxygen atoms in total. The summed E-state index contributed by atoms with van der Waals surface area (Å²) in [6.07, 6.45) is 15.0. The molecule has 0 unspecified atom stereocenters. The second kappa shape index (κ2) is 10.7. The van der Waals surface area contributed by atoms with Crippen LogP contribution in [0.1, 0.15) is 85.9 Å². The Morgan fingerprint density at radius 1 is 0.786 bits per heavy atom. The van der Waals surface area contributed by atoms with Gasteiger partial charge >= 0.3 is 0 Å². The van der Waals surface area contributed by atoms with Crippen LogP contribution in [0.2, 0.25) is 0 Å². The van der Waals surface area contributed by atoms with Gasteiger partial charge in [-0.15, -0.1) is 34.0 Å². The molecule has 3 aliphatic carbocycles. The zero-order valence-corrected chi connectivity index (χ0v) is 25.5. The number of thiophene rings is 3. The van der Waals surface area contributed by atoms with Crippen LogP contribution in [0.5, 0.6) is 5.75 Å². The number of hydrogen-bond donors (Lipinski definition) is 0. The summed E-state index contributed by atoms with van der Waals surface area (Å²) < 4.78 is 9.56. The molecule has 0 bridgehead atoms. The molecule has 0 atom stereocenters. The highest BCUT2D eigenvalue weighted by atomic mass is 32.1. The molecular weight excluding hydrogens is 577 g/mol. The van der Waals surface area contributed by atoms with Crippen molar-refractivity contribution in [2.45, 2.75) is 76.2 Å². The highest BCUT2D eigenvalue weighted by Gasteiger charge is 2.45. The van der Waals surface area contributed by atoms with E-state index in [2.05, 4.69) is 47.3 Å². The lowest BCUT2D eigenvalue weighted by Crippen LogP contribution is -2.37. The van der Waals surface area contributed by atoms with Crippen LogP contribution in [0, 0.1) is 40.6 Å². The van der Waals surface area contributed by atoms with Crippen LogP contribution < -0.4 is 4.74 Å². The van der Waals surface area contributed by atoms with E-state index >= 15 is 0 Å². The summed E-state index contributed by atoms with van der Waals surface area (Å²) in [7, 11) is 0. The standard InChI is InChI=1S/C34H26N4OS3/c1-38-26(19-37)21-8-6-10-23(14-21)28-16-29-32(41-28)30-33(42-29)31-25(34(39-30)11-3-2-4-12-34)15-27(40-31)22-9-5-7-20(13-22)24(17-35)18-36/h13-16H,2-12H2/b26-21+. The molecule has 3 aromatic rings. The summed E-state index contributed by atoms with van der Waals surface area (Å²) in [4.78, 5) is 8.41. The Kier molecular flexibility index (Phi) is 6.88. The third-order valence-electron chi connectivity index (χ3n) is 8.89. The lowest BCUT2D eigenvalue weighted by atomic mass is 9.78. The van der Waals surface area contributed by atoms with Crippen molar-refractivity contribution in [3.05, 3.63) is 73.4 Å². The summed E-state index contributed by atoms with van der Waals surface area (Å²) in [6.45, 7) is 7.37. The smallest absolute Gasteiger partial charge is 0.265 e. The van der Waals surface area contributed by atoms with Crippen molar-refractivity contribution in [3.63, 3.8) is 0 Å². The molecule has 4 heterocycles. The van der Waals surface area contributed by atoms with Gasteiger partial charge in [0.15, 0.2) is 5.75 Å². The highest BCUT2D eigenvalue weighted by Crippen LogP contribution is 2.61. The fraction of sp³-hybridized carbons (Fsp3) is 0.353. The molecule has 0 amide bonds. The second-order valence-corrected chi connectivity index (χ2v) is 14.5. The number of fused-ring (bicyclic) bond motifs is 6. The van der Waals surface area contributed by atoms with Gasteiger partial charge in [0.2, 0.25) is 0 Å². The Morgan fingerprint density at radius 2 is 1.48 bits per heavy atom. The minimum Gasteiger partial charge on any atom is -0.479 e. The van der Waals surface area contributed by atoms with Gasteiger partial charge in [-0.25, -0.2) is 10.1 Å². The molecule has 0 saturated heterocycles. The van der Waals surface area contributed by atoms with Crippen LogP contribution >= 0.6 is 34.0 Å². The first kappa shape index (κ1) is 26.9. The summed E-state index contributed by atoms with van der Waals surface area (Å²) >= 11 is 5.43. The van der Waals surface area contributed by atoms with Gasteiger partial charge in [-0.3, -0.25) is 0 Å². The van der Waals surface area contributed by atoms with Gasteiger partial charge in [0.25, 0.3) is 5.70 Å². The van der Waals surface area contributed by atoms with Crippen molar-refractivity contribution in [2.75, 3.05) is 0 Å². The van der Waals surface area contributed by atoms with Gasteiger partial charge in [0.05, 0.1) is 31.8 Å². The molecule has 42 heavy (non-hydrogen) atoms. The average molecular weight is 603 g/mol.